The van der Waals surface area contributed by atoms with Gasteiger partial charge in [-0.2, -0.15) is 9.67 Å². The Labute approximate surface area is 157 Å². The van der Waals surface area contributed by atoms with Crippen LogP contribution in [-0.2, 0) is 6.54 Å². The topological polar surface area (TPSA) is 91.4 Å². The first-order chi connectivity index (χ1) is 13.2. The summed E-state index contributed by atoms with van der Waals surface area (Å²) in [6, 6.07) is 9.12. The fourth-order valence-electron chi connectivity index (χ4n) is 2.60. The smallest absolute Gasteiger partial charge is 0.250 e. The maximum Gasteiger partial charge on any atom is 0.250 e. The number of furan rings is 1. The molecule has 1 aromatic carbocycles. The molecule has 142 valence electrons. The summed E-state index contributed by atoms with van der Waals surface area (Å²) < 4.78 is 17.2. The monoisotopic (exact) mass is 370 g/mol. The quantitative estimate of drug-likeness (QED) is 0.647. The van der Waals surface area contributed by atoms with Gasteiger partial charge in [-0.05, 0) is 36.2 Å². The summed E-state index contributed by atoms with van der Waals surface area (Å²) in [5, 5.41) is 7.47. The van der Waals surface area contributed by atoms with Crippen LogP contribution < -0.4 is 14.8 Å². The Hall–Kier alpha value is -3.29. The molecule has 0 atom stereocenters. The van der Waals surface area contributed by atoms with Crippen molar-refractivity contribution in [3.63, 3.8) is 0 Å². The van der Waals surface area contributed by atoms with E-state index in [2.05, 4.69) is 15.4 Å². The van der Waals surface area contributed by atoms with E-state index in [1.54, 1.807) is 32.6 Å². The largest absolute Gasteiger partial charge is 0.493 e. The minimum absolute atomic E-state index is 0.127. The molecule has 0 saturated carbocycles. The highest BCUT2D eigenvalue weighted by molar-refractivity contribution is 5.81. The van der Waals surface area contributed by atoms with Crippen molar-refractivity contribution in [2.45, 2.75) is 26.3 Å². The van der Waals surface area contributed by atoms with Crippen LogP contribution in [0.15, 0.2) is 41.0 Å². The van der Waals surface area contributed by atoms with Crippen LogP contribution in [0, 0.1) is 0 Å². The van der Waals surface area contributed by atoms with E-state index >= 15 is 0 Å². The first kappa shape index (κ1) is 18.5. The van der Waals surface area contributed by atoms with E-state index in [4.69, 9.17) is 13.9 Å². The minimum atomic E-state index is -0.127. The highest BCUT2D eigenvalue weighted by Gasteiger charge is 2.18. The second kappa shape index (κ2) is 8.39. The van der Waals surface area contributed by atoms with Gasteiger partial charge < -0.3 is 19.2 Å². The first-order valence-corrected chi connectivity index (χ1v) is 8.65. The van der Waals surface area contributed by atoms with E-state index in [0.29, 0.717) is 42.0 Å². The molecule has 0 aliphatic carbocycles. The van der Waals surface area contributed by atoms with Gasteiger partial charge in [0.15, 0.2) is 17.3 Å². The van der Waals surface area contributed by atoms with E-state index in [1.165, 1.54) is 4.68 Å². The van der Waals surface area contributed by atoms with Gasteiger partial charge in [-0.25, -0.2) is 0 Å². The predicted octanol–water partition coefficient (Wildman–Crippen LogP) is 3.61. The molecule has 8 nitrogen and oxygen atoms in total. The number of nitrogens with one attached hydrogen (secondary N) is 1. The molecular formula is C19H22N4O4. The molecule has 0 saturated heterocycles. The molecule has 0 fully saturated rings. The van der Waals surface area contributed by atoms with Crippen molar-refractivity contribution in [1.29, 1.82) is 0 Å². The molecule has 0 radical (unpaired) electrons. The molecule has 0 unspecified atom stereocenters. The van der Waals surface area contributed by atoms with Crippen molar-refractivity contribution in [2.24, 2.45) is 0 Å². The SMILES string of the molecule is CCCC(=O)n1nc(-c2ccco2)nc1NCc1ccc(OC)c(OC)c1. The van der Waals surface area contributed by atoms with E-state index in [-0.39, 0.29) is 5.91 Å². The summed E-state index contributed by atoms with van der Waals surface area (Å²) in [4.78, 5) is 16.8. The number of aromatic nitrogens is 3. The normalized spacial score (nSPS) is 10.6. The summed E-state index contributed by atoms with van der Waals surface area (Å²) >= 11 is 0. The van der Waals surface area contributed by atoms with Gasteiger partial charge >= 0.3 is 0 Å². The van der Waals surface area contributed by atoms with Gasteiger partial charge in [-0.1, -0.05) is 13.0 Å². The maximum atomic E-state index is 12.4. The standard InChI is InChI=1S/C19H22N4O4/c1-4-6-17(24)23-19(21-18(22-23)15-7-5-10-27-15)20-12-13-8-9-14(25-2)16(11-13)26-3/h5,7-11H,4,6,12H2,1-3H3,(H,20,21,22). The molecule has 27 heavy (non-hydrogen) atoms. The van der Waals surface area contributed by atoms with Crippen LogP contribution in [0.5, 0.6) is 11.5 Å². The highest BCUT2D eigenvalue weighted by Crippen LogP contribution is 2.28. The zero-order chi connectivity index (χ0) is 19.2. The average molecular weight is 370 g/mol. The van der Waals surface area contributed by atoms with Gasteiger partial charge in [0.05, 0.1) is 20.5 Å². The zero-order valence-electron chi connectivity index (χ0n) is 15.6. The fraction of sp³-hybridized carbons (Fsp3) is 0.316. The minimum Gasteiger partial charge on any atom is -0.493 e. The van der Waals surface area contributed by atoms with Crippen molar-refractivity contribution in [3.8, 4) is 23.1 Å². The number of carbonyl (C=O) groups is 1. The number of nitrogens with zero attached hydrogens (tertiary/aromatic N) is 3. The Morgan fingerprint density at radius 2 is 2.04 bits per heavy atom. The van der Waals surface area contributed by atoms with Crippen LogP contribution in [0.2, 0.25) is 0 Å². The number of ether oxygens (including phenoxy) is 2. The van der Waals surface area contributed by atoms with E-state index in [9.17, 15) is 4.79 Å². The number of anilines is 1. The summed E-state index contributed by atoms with van der Waals surface area (Å²) in [7, 11) is 3.18. The van der Waals surface area contributed by atoms with Crippen LogP contribution >= 0.6 is 0 Å². The van der Waals surface area contributed by atoms with Gasteiger partial charge in [0.25, 0.3) is 0 Å². The summed E-state index contributed by atoms with van der Waals surface area (Å²) in [5.41, 5.74) is 0.949. The Kier molecular flexibility index (Phi) is 5.75. The molecule has 3 rings (SSSR count). The lowest BCUT2D eigenvalue weighted by Gasteiger charge is -2.10. The Morgan fingerprint density at radius 3 is 2.70 bits per heavy atom. The van der Waals surface area contributed by atoms with Crippen LogP contribution in [0.4, 0.5) is 5.95 Å². The molecular weight excluding hydrogens is 348 g/mol. The zero-order valence-corrected chi connectivity index (χ0v) is 15.6. The summed E-state index contributed by atoms with van der Waals surface area (Å²) in [5.74, 6) is 2.40. The van der Waals surface area contributed by atoms with Crippen LogP contribution in [0.3, 0.4) is 0 Å². The molecule has 3 aromatic rings. The van der Waals surface area contributed by atoms with Gasteiger partial charge in [0.1, 0.15) is 0 Å². The molecule has 8 heteroatoms. The molecule has 0 spiro atoms. The molecule has 0 bridgehead atoms. The number of benzene rings is 1. The Morgan fingerprint density at radius 1 is 1.22 bits per heavy atom. The highest BCUT2D eigenvalue weighted by atomic mass is 16.5. The van der Waals surface area contributed by atoms with Crippen molar-refractivity contribution in [1.82, 2.24) is 14.8 Å². The molecule has 0 aliphatic rings. The van der Waals surface area contributed by atoms with E-state index in [0.717, 1.165) is 12.0 Å². The lowest BCUT2D eigenvalue weighted by Crippen LogP contribution is -2.16. The second-order valence-corrected chi connectivity index (χ2v) is 5.83. The summed E-state index contributed by atoms with van der Waals surface area (Å²) in [6.07, 6.45) is 2.65. The Bertz CT molecular complexity index is 903. The van der Waals surface area contributed by atoms with Crippen molar-refractivity contribution in [2.75, 3.05) is 19.5 Å². The number of hydrogen-bond donors (Lipinski definition) is 1. The van der Waals surface area contributed by atoms with Crippen molar-refractivity contribution >= 4 is 11.9 Å². The molecule has 2 heterocycles. The molecule has 0 amide bonds. The molecule has 2 aromatic heterocycles. The number of hydrogen-bond acceptors (Lipinski definition) is 7. The Balaban J connectivity index is 1.84. The number of methoxy groups -OCH3 is 2. The van der Waals surface area contributed by atoms with Crippen molar-refractivity contribution < 1.29 is 18.7 Å². The van der Waals surface area contributed by atoms with Crippen LogP contribution in [0.25, 0.3) is 11.6 Å². The van der Waals surface area contributed by atoms with E-state index < -0.39 is 0 Å². The predicted molar refractivity (Wildman–Crippen MR) is 100 cm³/mol. The first-order valence-electron chi connectivity index (χ1n) is 8.65. The van der Waals surface area contributed by atoms with Gasteiger partial charge in [0.2, 0.25) is 17.7 Å². The van der Waals surface area contributed by atoms with Gasteiger partial charge in [0, 0.05) is 13.0 Å². The molecule has 1 N–H and O–H groups in total. The second-order valence-electron chi connectivity index (χ2n) is 5.83. The van der Waals surface area contributed by atoms with Gasteiger partial charge in [-0.15, -0.1) is 5.10 Å². The lowest BCUT2D eigenvalue weighted by atomic mass is 10.2. The third kappa shape index (κ3) is 4.11. The summed E-state index contributed by atoms with van der Waals surface area (Å²) in [6.45, 7) is 2.38. The number of carbonyl (C=O) groups excluding carboxylic acids is 1. The van der Waals surface area contributed by atoms with Crippen molar-refractivity contribution in [3.05, 3.63) is 42.2 Å². The molecule has 0 aliphatic heterocycles. The number of rotatable bonds is 8. The third-order valence-corrected chi connectivity index (χ3v) is 3.95. The maximum absolute atomic E-state index is 12.4. The van der Waals surface area contributed by atoms with Crippen LogP contribution in [-0.4, -0.2) is 34.9 Å². The fourth-order valence-corrected chi connectivity index (χ4v) is 2.60. The van der Waals surface area contributed by atoms with E-state index in [1.807, 2.05) is 25.1 Å². The average Bonchev–Trinajstić information content (AvgIpc) is 3.35. The van der Waals surface area contributed by atoms with Crippen LogP contribution in [0.1, 0.15) is 30.1 Å². The van der Waals surface area contributed by atoms with Gasteiger partial charge in [-0.3, -0.25) is 4.79 Å². The third-order valence-electron chi connectivity index (χ3n) is 3.95. The lowest BCUT2D eigenvalue weighted by molar-refractivity contribution is 0.0888.